The molecule has 3 atom stereocenters. The molecule has 0 aliphatic rings. The molecule has 0 saturated carbocycles. The molecule has 0 unspecified atom stereocenters. The number of carbonyl (C=O) groups is 3. The van der Waals surface area contributed by atoms with Crippen molar-refractivity contribution in [3.8, 4) is 0 Å². The molecule has 12 heteroatoms. The minimum absolute atomic E-state index is 0.0146. The number of carboxylic acid groups (broad SMARTS) is 1. The van der Waals surface area contributed by atoms with Gasteiger partial charge in [-0.1, -0.05) is 78.9 Å². The SMILES string of the molecule is O=C(Nc1ccccc1C(=O)N[C@@H](Cc1ccccc1)C[C@H](O)[C@H](Cc1ccccc1)N(Cc1cscn1)C(=O)[O-])OCc1ccccn1. The lowest BCUT2D eigenvalue weighted by molar-refractivity contribution is -0.270. The largest absolute Gasteiger partial charge is 0.530 e. The molecular formula is C37H36N5O6S-. The average molecular weight is 679 g/mol. The van der Waals surface area contributed by atoms with Crippen LogP contribution in [0.25, 0.3) is 0 Å². The molecule has 11 nitrogen and oxygen atoms in total. The number of nitrogens with one attached hydrogen (secondary N) is 2. The monoisotopic (exact) mass is 678 g/mol. The number of anilines is 1. The van der Waals surface area contributed by atoms with Gasteiger partial charge in [0.25, 0.3) is 5.91 Å². The number of aliphatic hydroxyl groups excluding tert-OH is 1. The van der Waals surface area contributed by atoms with Crippen LogP contribution < -0.4 is 15.7 Å². The van der Waals surface area contributed by atoms with Gasteiger partial charge >= 0.3 is 6.09 Å². The summed E-state index contributed by atoms with van der Waals surface area (Å²) >= 11 is 1.34. The Morgan fingerprint density at radius 1 is 0.837 bits per heavy atom. The number of nitrogens with zero attached hydrogens (tertiary/aromatic N) is 3. The summed E-state index contributed by atoms with van der Waals surface area (Å²) in [7, 11) is 0. The van der Waals surface area contributed by atoms with Crippen molar-refractivity contribution in [2.75, 3.05) is 5.32 Å². The fraction of sp³-hybridized carbons (Fsp3) is 0.216. The zero-order valence-electron chi connectivity index (χ0n) is 26.6. The summed E-state index contributed by atoms with van der Waals surface area (Å²) in [6.45, 7) is -0.112. The third-order valence-corrected chi connectivity index (χ3v) is 8.49. The molecule has 5 aromatic rings. The minimum atomic E-state index is -1.44. The first-order valence-corrected chi connectivity index (χ1v) is 16.6. The van der Waals surface area contributed by atoms with Crippen LogP contribution in [0.3, 0.4) is 0 Å². The zero-order valence-corrected chi connectivity index (χ0v) is 27.4. The molecule has 252 valence electrons. The standard InChI is InChI=1S/C37H37N5O6S/c43-34(33(20-27-13-5-2-6-14-27)42(37(46)47)22-30-24-49-25-39-30)21-29(19-26-11-3-1-4-12-26)40-35(44)31-16-7-8-17-32(31)41-36(45)48-23-28-15-9-10-18-38-28/h1-18,24-25,29,33-34,43H,19-23H2,(H,40,44)(H,41,45)(H,46,47)/p-1/t29-,33-,34-/m0/s1. The minimum Gasteiger partial charge on any atom is -0.530 e. The number of thiazole rings is 1. The summed E-state index contributed by atoms with van der Waals surface area (Å²) in [5, 5.41) is 31.7. The summed E-state index contributed by atoms with van der Waals surface area (Å²) in [6.07, 6.45) is -1.23. The van der Waals surface area contributed by atoms with Crippen LogP contribution in [0.4, 0.5) is 15.3 Å². The van der Waals surface area contributed by atoms with E-state index in [1.54, 1.807) is 59.6 Å². The van der Waals surface area contributed by atoms with Crippen molar-refractivity contribution >= 4 is 35.1 Å². The van der Waals surface area contributed by atoms with Crippen molar-refractivity contribution in [1.29, 1.82) is 0 Å². The Morgan fingerprint density at radius 2 is 1.51 bits per heavy atom. The molecular weight excluding hydrogens is 643 g/mol. The Kier molecular flexibility index (Phi) is 12.4. The highest BCUT2D eigenvalue weighted by Crippen LogP contribution is 2.22. The molecule has 2 aromatic heterocycles. The Bertz CT molecular complexity index is 1780. The first-order valence-electron chi connectivity index (χ1n) is 15.7. The number of hydrogen-bond donors (Lipinski definition) is 3. The van der Waals surface area contributed by atoms with Crippen LogP contribution >= 0.6 is 11.3 Å². The smallest absolute Gasteiger partial charge is 0.412 e. The molecule has 0 fully saturated rings. The summed E-state index contributed by atoms with van der Waals surface area (Å²) in [5.41, 5.74) is 4.88. The van der Waals surface area contributed by atoms with Crippen LogP contribution in [-0.2, 0) is 30.7 Å². The number of hydrogen-bond acceptors (Lipinski definition) is 9. The van der Waals surface area contributed by atoms with Crippen LogP contribution in [0.5, 0.6) is 0 Å². The molecule has 0 saturated heterocycles. The van der Waals surface area contributed by atoms with Crippen LogP contribution in [0.1, 0.15) is 39.3 Å². The van der Waals surface area contributed by atoms with Crippen molar-refractivity contribution in [3.63, 3.8) is 0 Å². The predicted octanol–water partition coefficient (Wildman–Crippen LogP) is 4.84. The second kappa shape index (κ2) is 17.5. The highest BCUT2D eigenvalue weighted by atomic mass is 32.1. The topological polar surface area (TPSA) is 157 Å². The van der Waals surface area contributed by atoms with E-state index >= 15 is 0 Å². The van der Waals surface area contributed by atoms with Crippen LogP contribution in [0, 0.1) is 0 Å². The van der Waals surface area contributed by atoms with Crippen LogP contribution in [0.2, 0.25) is 0 Å². The number of ether oxygens (including phenoxy) is 1. The Morgan fingerprint density at radius 3 is 2.16 bits per heavy atom. The van der Waals surface area contributed by atoms with E-state index in [4.69, 9.17) is 4.74 Å². The third-order valence-electron chi connectivity index (χ3n) is 7.85. The van der Waals surface area contributed by atoms with E-state index < -0.39 is 36.3 Å². The van der Waals surface area contributed by atoms with Gasteiger partial charge in [0.1, 0.15) is 12.7 Å². The predicted molar refractivity (Wildman–Crippen MR) is 183 cm³/mol. The maximum absolute atomic E-state index is 13.8. The van der Waals surface area contributed by atoms with E-state index in [0.29, 0.717) is 17.8 Å². The van der Waals surface area contributed by atoms with Gasteiger partial charge in [0, 0.05) is 17.6 Å². The van der Waals surface area contributed by atoms with Gasteiger partial charge in [0.05, 0.1) is 46.8 Å². The van der Waals surface area contributed by atoms with E-state index in [1.807, 2.05) is 60.7 Å². The van der Waals surface area contributed by atoms with Gasteiger partial charge in [-0.15, -0.1) is 11.3 Å². The molecule has 49 heavy (non-hydrogen) atoms. The number of amides is 3. The van der Waals surface area contributed by atoms with Crippen molar-refractivity contribution in [2.45, 2.75) is 50.6 Å². The number of aromatic nitrogens is 2. The fourth-order valence-corrected chi connectivity index (χ4v) is 6.03. The molecule has 0 spiro atoms. The first kappa shape index (κ1) is 34.7. The number of para-hydroxylation sites is 1. The molecule has 0 aliphatic heterocycles. The van der Waals surface area contributed by atoms with Gasteiger partial charge in [0.15, 0.2) is 0 Å². The maximum Gasteiger partial charge on any atom is 0.412 e. The fourth-order valence-electron chi connectivity index (χ4n) is 5.48. The van der Waals surface area contributed by atoms with Gasteiger partial charge in [-0.25, -0.2) is 9.78 Å². The van der Waals surface area contributed by atoms with E-state index in [2.05, 4.69) is 20.6 Å². The van der Waals surface area contributed by atoms with Gasteiger partial charge in [-0.3, -0.25) is 15.1 Å². The number of aliphatic hydroxyl groups is 1. The van der Waals surface area contributed by atoms with E-state index in [0.717, 1.165) is 16.0 Å². The summed E-state index contributed by atoms with van der Waals surface area (Å²) in [6, 6.07) is 29.0. The van der Waals surface area contributed by atoms with Gasteiger partial charge in [-0.05, 0) is 54.7 Å². The summed E-state index contributed by atoms with van der Waals surface area (Å²) in [5.74, 6) is -0.493. The molecule has 0 aliphatic carbocycles. The third kappa shape index (κ3) is 10.4. The second-order valence-corrected chi connectivity index (χ2v) is 12.1. The molecule has 2 heterocycles. The van der Waals surface area contributed by atoms with Gasteiger partial charge in [0.2, 0.25) is 0 Å². The second-order valence-electron chi connectivity index (χ2n) is 11.4. The van der Waals surface area contributed by atoms with Crippen LogP contribution in [-0.4, -0.2) is 56.3 Å². The number of benzene rings is 3. The lowest BCUT2D eigenvalue weighted by atomic mass is 9.92. The molecule has 3 aromatic carbocycles. The van der Waals surface area contributed by atoms with Crippen molar-refractivity contribution in [2.24, 2.45) is 0 Å². The maximum atomic E-state index is 13.8. The number of rotatable bonds is 15. The molecule has 5 rings (SSSR count). The highest BCUT2D eigenvalue weighted by Gasteiger charge is 2.30. The Balaban J connectivity index is 1.36. The number of carbonyl (C=O) groups excluding carboxylic acids is 3. The zero-order chi connectivity index (χ0) is 34.4. The van der Waals surface area contributed by atoms with Crippen LogP contribution in [0.15, 0.2) is 120 Å². The van der Waals surface area contributed by atoms with E-state index in [1.165, 1.54) is 11.3 Å². The summed E-state index contributed by atoms with van der Waals surface area (Å²) < 4.78 is 5.29. The molecule has 3 amide bonds. The highest BCUT2D eigenvalue weighted by molar-refractivity contribution is 7.07. The first-order chi connectivity index (χ1) is 23.9. The van der Waals surface area contributed by atoms with Crippen molar-refractivity contribution in [3.05, 3.63) is 148 Å². The van der Waals surface area contributed by atoms with E-state index in [-0.39, 0.29) is 37.2 Å². The normalized spacial score (nSPS) is 12.7. The Hall–Kier alpha value is -5.59. The lowest BCUT2D eigenvalue weighted by Crippen LogP contribution is -2.54. The van der Waals surface area contributed by atoms with Gasteiger partial charge in [-0.2, -0.15) is 0 Å². The molecule has 0 bridgehead atoms. The Labute approximate surface area is 288 Å². The quantitative estimate of drug-likeness (QED) is 0.142. The van der Waals surface area contributed by atoms with Gasteiger partial charge < -0.3 is 30.0 Å². The average Bonchev–Trinajstić information content (AvgIpc) is 3.64. The van der Waals surface area contributed by atoms with Crippen molar-refractivity contribution in [1.82, 2.24) is 20.2 Å². The number of pyridine rings is 1. The molecule has 0 radical (unpaired) electrons. The lowest BCUT2D eigenvalue weighted by Gasteiger charge is -2.38. The summed E-state index contributed by atoms with van der Waals surface area (Å²) in [4.78, 5) is 48.4. The van der Waals surface area contributed by atoms with Crippen molar-refractivity contribution < 1.29 is 29.3 Å². The molecule has 3 N–H and O–H groups in total. The van der Waals surface area contributed by atoms with E-state index in [9.17, 15) is 24.6 Å².